The summed E-state index contributed by atoms with van der Waals surface area (Å²) in [5, 5.41) is 0. The van der Waals surface area contributed by atoms with Crippen LogP contribution in [-0.4, -0.2) is 11.5 Å². The van der Waals surface area contributed by atoms with E-state index in [1.54, 1.807) is 12.4 Å². The van der Waals surface area contributed by atoms with Crippen molar-refractivity contribution in [3.8, 4) is 0 Å². The van der Waals surface area contributed by atoms with Crippen molar-refractivity contribution in [2.45, 2.75) is 6.42 Å². The van der Waals surface area contributed by atoms with E-state index in [0.717, 1.165) is 13.0 Å². The molecule has 0 aliphatic rings. The van der Waals surface area contributed by atoms with E-state index < -0.39 is 0 Å². The fourth-order valence-corrected chi connectivity index (χ4v) is 1.12. The van der Waals surface area contributed by atoms with Crippen LogP contribution in [0.3, 0.4) is 0 Å². The second kappa shape index (κ2) is 7.71. The van der Waals surface area contributed by atoms with Gasteiger partial charge in [-0.1, -0.05) is 36.4 Å². The minimum Gasteiger partial charge on any atom is -0.330 e. The highest BCUT2D eigenvalue weighted by Crippen LogP contribution is 1.96. The highest BCUT2D eigenvalue weighted by Gasteiger charge is 1.84. The molecule has 0 atom stereocenters. The largest absolute Gasteiger partial charge is 0.330 e. The van der Waals surface area contributed by atoms with Crippen molar-refractivity contribution in [1.29, 1.82) is 0 Å². The molecule has 2 N–H and O–H groups in total. The van der Waals surface area contributed by atoms with Crippen molar-refractivity contribution in [2.24, 2.45) is 5.73 Å². The van der Waals surface area contributed by atoms with Crippen molar-refractivity contribution in [1.82, 2.24) is 4.98 Å². The smallest absolute Gasteiger partial charge is 0.0267 e. The number of benzene rings is 1. The van der Waals surface area contributed by atoms with Gasteiger partial charge in [-0.25, -0.2) is 0 Å². The van der Waals surface area contributed by atoms with Gasteiger partial charge in [0, 0.05) is 12.4 Å². The number of hydrogen-bond donors (Lipinski definition) is 1. The zero-order valence-corrected chi connectivity index (χ0v) is 8.71. The molecule has 1 aromatic carbocycles. The summed E-state index contributed by atoms with van der Waals surface area (Å²) in [6.07, 6.45) is 4.49. The Balaban J connectivity index is 0.000000162. The molecule has 2 nitrogen and oxygen atoms in total. The second-order valence-electron chi connectivity index (χ2n) is 3.05. The van der Waals surface area contributed by atoms with Crippen molar-refractivity contribution < 1.29 is 0 Å². The van der Waals surface area contributed by atoms with E-state index in [9.17, 15) is 0 Å². The van der Waals surface area contributed by atoms with Crippen LogP contribution in [-0.2, 0) is 6.42 Å². The molecule has 78 valence electrons. The van der Waals surface area contributed by atoms with E-state index in [4.69, 9.17) is 5.73 Å². The van der Waals surface area contributed by atoms with Crippen LogP contribution in [0, 0.1) is 0 Å². The number of pyridine rings is 1. The van der Waals surface area contributed by atoms with Crippen molar-refractivity contribution in [3.05, 3.63) is 66.5 Å². The van der Waals surface area contributed by atoms with Crippen LogP contribution in [0.2, 0.25) is 0 Å². The molecule has 2 aromatic rings. The molecular formula is C13H16N2. The van der Waals surface area contributed by atoms with Crippen LogP contribution < -0.4 is 5.73 Å². The first kappa shape index (κ1) is 11.4. The maximum Gasteiger partial charge on any atom is 0.0267 e. The standard InChI is InChI=1S/C8H11N.C5H5N/c9-7-6-8-4-2-1-3-5-8;1-2-4-6-5-3-1/h1-5H,6-7,9H2;1-5H. The number of nitrogens with two attached hydrogens (primary N) is 1. The van der Waals surface area contributed by atoms with E-state index in [0.29, 0.717) is 0 Å². The zero-order valence-electron chi connectivity index (χ0n) is 8.71. The Morgan fingerprint density at radius 2 is 1.47 bits per heavy atom. The maximum absolute atomic E-state index is 5.36. The molecule has 15 heavy (non-hydrogen) atoms. The molecule has 0 saturated heterocycles. The predicted octanol–water partition coefficient (Wildman–Crippen LogP) is 2.27. The molecule has 2 heteroatoms. The van der Waals surface area contributed by atoms with Crippen LogP contribution in [0.1, 0.15) is 5.56 Å². The molecule has 0 amide bonds. The molecule has 0 saturated carbocycles. The third-order valence-corrected chi connectivity index (χ3v) is 1.84. The van der Waals surface area contributed by atoms with Crippen LogP contribution in [0.5, 0.6) is 0 Å². The Kier molecular flexibility index (Phi) is 5.86. The summed E-state index contributed by atoms with van der Waals surface area (Å²) in [5.74, 6) is 0. The molecule has 0 unspecified atom stereocenters. The molecule has 2 rings (SSSR count). The molecule has 0 radical (unpaired) electrons. The van der Waals surface area contributed by atoms with Gasteiger partial charge in [-0.3, -0.25) is 4.98 Å². The Labute approximate surface area is 90.8 Å². The van der Waals surface area contributed by atoms with Gasteiger partial charge in [-0.2, -0.15) is 0 Å². The highest BCUT2D eigenvalue weighted by atomic mass is 14.6. The summed E-state index contributed by atoms with van der Waals surface area (Å²) in [6, 6.07) is 16.0. The van der Waals surface area contributed by atoms with Gasteiger partial charge >= 0.3 is 0 Å². The first-order chi connectivity index (χ1) is 7.43. The molecule has 0 aliphatic heterocycles. The summed E-state index contributed by atoms with van der Waals surface area (Å²) in [7, 11) is 0. The fourth-order valence-electron chi connectivity index (χ4n) is 1.12. The Bertz CT molecular complexity index is 305. The Hall–Kier alpha value is -1.67. The van der Waals surface area contributed by atoms with E-state index in [-0.39, 0.29) is 0 Å². The summed E-state index contributed by atoms with van der Waals surface area (Å²) in [6.45, 7) is 0.740. The topological polar surface area (TPSA) is 38.9 Å². The summed E-state index contributed by atoms with van der Waals surface area (Å²) in [4.78, 5) is 3.78. The van der Waals surface area contributed by atoms with Gasteiger partial charge in [0.05, 0.1) is 0 Å². The van der Waals surface area contributed by atoms with Crippen molar-refractivity contribution in [2.75, 3.05) is 6.54 Å². The van der Waals surface area contributed by atoms with E-state index in [1.165, 1.54) is 5.56 Å². The number of hydrogen-bond acceptors (Lipinski definition) is 2. The van der Waals surface area contributed by atoms with Gasteiger partial charge in [0.1, 0.15) is 0 Å². The first-order valence-corrected chi connectivity index (χ1v) is 5.02. The van der Waals surface area contributed by atoms with Gasteiger partial charge in [0.15, 0.2) is 0 Å². The molecular weight excluding hydrogens is 184 g/mol. The quantitative estimate of drug-likeness (QED) is 0.807. The molecule has 0 aliphatic carbocycles. The molecule has 1 heterocycles. The third-order valence-electron chi connectivity index (χ3n) is 1.84. The van der Waals surface area contributed by atoms with Crippen LogP contribution in [0.4, 0.5) is 0 Å². The van der Waals surface area contributed by atoms with E-state index in [1.807, 2.05) is 36.4 Å². The van der Waals surface area contributed by atoms with Crippen LogP contribution >= 0.6 is 0 Å². The zero-order chi connectivity index (χ0) is 10.8. The van der Waals surface area contributed by atoms with Gasteiger partial charge < -0.3 is 5.73 Å². The second-order valence-corrected chi connectivity index (χ2v) is 3.05. The number of aromatic nitrogens is 1. The Morgan fingerprint density at radius 3 is 1.87 bits per heavy atom. The van der Waals surface area contributed by atoms with Gasteiger partial charge in [0.25, 0.3) is 0 Å². The lowest BCUT2D eigenvalue weighted by atomic mass is 10.2. The molecule has 1 aromatic heterocycles. The molecule has 0 spiro atoms. The maximum atomic E-state index is 5.36. The average molecular weight is 200 g/mol. The minimum absolute atomic E-state index is 0.740. The van der Waals surface area contributed by atoms with Gasteiger partial charge in [-0.05, 0) is 30.7 Å². The van der Waals surface area contributed by atoms with Gasteiger partial charge in [-0.15, -0.1) is 0 Å². The normalized spacial score (nSPS) is 8.87. The number of rotatable bonds is 2. The third kappa shape index (κ3) is 5.60. The summed E-state index contributed by atoms with van der Waals surface area (Å²) < 4.78 is 0. The lowest BCUT2D eigenvalue weighted by molar-refractivity contribution is 0.969. The van der Waals surface area contributed by atoms with Crippen molar-refractivity contribution >= 4 is 0 Å². The highest BCUT2D eigenvalue weighted by molar-refractivity contribution is 5.14. The van der Waals surface area contributed by atoms with Crippen LogP contribution in [0.25, 0.3) is 0 Å². The Morgan fingerprint density at radius 1 is 0.867 bits per heavy atom. The molecule has 0 fully saturated rings. The lowest BCUT2D eigenvalue weighted by Gasteiger charge is -1.93. The number of nitrogens with zero attached hydrogens (tertiary/aromatic N) is 1. The lowest BCUT2D eigenvalue weighted by Crippen LogP contribution is -2.01. The summed E-state index contributed by atoms with van der Waals surface area (Å²) >= 11 is 0. The average Bonchev–Trinajstić information content (AvgIpc) is 2.34. The van der Waals surface area contributed by atoms with Crippen LogP contribution in [0.15, 0.2) is 60.9 Å². The van der Waals surface area contributed by atoms with E-state index >= 15 is 0 Å². The minimum atomic E-state index is 0.740. The van der Waals surface area contributed by atoms with E-state index in [2.05, 4.69) is 17.1 Å². The first-order valence-electron chi connectivity index (χ1n) is 5.02. The predicted molar refractivity (Wildman–Crippen MR) is 63.4 cm³/mol. The fraction of sp³-hybridized carbons (Fsp3) is 0.154. The van der Waals surface area contributed by atoms with Gasteiger partial charge in [0.2, 0.25) is 0 Å². The monoisotopic (exact) mass is 200 g/mol. The molecule has 0 bridgehead atoms. The SMILES string of the molecule is NCCc1ccccc1.c1ccncc1. The summed E-state index contributed by atoms with van der Waals surface area (Å²) in [5.41, 5.74) is 6.68. The van der Waals surface area contributed by atoms with Crippen molar-refractivity contribution in [3.63, 3.8) is 0 Å².